The van der Waals surface area contributed by atoms with Gasteiger partial charge in [-0.2, -0.15) is 0 Å². The highest BCUT2D eigenvalue weighted by Crippen LogP contribution is 2.15. The zero-order valence-electron chi connectivity index (χ0n) is 45.1. The number of aliphatic hydroxyl groups excluding tert-OH is 2. The summed E-state index contributed by atoms with van der Waals surface area (Å²) in [5.41, 5.74) is 0. The lowest BCUT2D eigenvalue weighted by Gasteiger charge is -2.20. The summed E-state index contributed by atoms with van der Waals surface area (Å²) in [4.78, 5) is 24.5. The number of unbranched alkanes of at least 4 members (excludes halogenated alkanes) is 35. The quantitative estimate of drug-likeness (QED) is 0.0321. The Bertz CT molecular complexity index is 1190. The van der Waals surface area contributed by atoms with Gasteiger partial charge in [0.25, 0.3) is 0 Å². The molecule has 0 radical (unpaired) electrons. The van der Waals surface area contributed by atoms with E-state index in [9.17, 15) is 19.8 Å². The van der Waals surface area contributed by atoms with E-state index in [1.807, 2.05) is 6.08 Å². The molecule has 0 heterocycles. The SMILES string of the molecule is CCCCC/C=C\C/C=C\CCCCCCCC(=O)OCCCCCCCCCCC/C=C\C/C=C\CCCCCCCCCC(=O)NC(CO)C(O)/C=C/CCCCCCCCCCCCC. The van der Waals surface area contributed by atoms with Gasteiger partial charge in [-0.1, -0.05) is 248 Å². The fourth-order valence-electron chi connectivity index (χ4n) is 8.69. The van der Waals surface area contributed by atoms with Crippen LogP contribution in [0.2, 0.25) is 0 Å². The predicted molar refractivity (Wildman–Crippen MR) is 296 cm³/mol. The predicted octanol–water partition coefficient (Wildman–Crippen LogP) is 18.4. The first kappa shape index (κ1) is 65.6. The second kappa shape index (κ2) is 57.1. The van der Waals surface area contributed by atoms with Crippen molar-refractivity contribution in [2.45, 2.75) is 309 Å². The minimum absolute atomic E-state index is 0.00833. The van der Waals surface area contributed by atoms with Gasteiger partial charge in [-0.15, -0.1) is 0 Å². The topological polar surface area (TPSA) is 95.9 Å². The fraction of sp³-hybridized carbons (Fsp3) is 0.806. The largest absolute Gasteiger partial charge is 0.466 e. The molecule has 2 unspecified atom stereocenters. The Morgan fingerprint density at radius 1 is 0.412 bits per heavy atom. The Kier molecular flexibility index (Phi) is 55.1. The Hall–Kier alpha value is -2.44. The number of hydrogen-bond acceptors (Lipinski definition) is 5. The molecule has 0 fully saturated rings. The van der Waals surface area contributed by atoms with Gasteiger partial charge in [0.15, 0.2) is 0 Å². The average Bonchev–Trinajstić information content (AvgIpc) is 3.34. The lowest BCUT2D eigenvalue weighted by Crippen LogP contribution is -2.45. The molecule has 0 aromatic carbocycles. The molecule has 0 aliphatic rings. The normalized spacial score (nSPS) is 13.1. The summed E-state index contributed by atoms with van der Waals surface area (Å²) < 4.78 is 5.47. The first-order chi connectivity index (χ1) is 33.5. The maximum atomic E-state index is 12.4. The van der Waals surface area contributed by atoms with Gasteiger partial charge in [-0.3, -0.25) is 9.59 Å². The summed E-state index contributed by atoms with van der Waals surface area (Å²) in [6, 6.07) is -0.636. The summed E-state index contributed by atoms with van der Waals surface area (Å²) in [7, 11) is 0. The number of carbonyl (C=O) groups is 2. The minimum Gasteiger partial charge on any atom is -0.466 e. The van der Waals surface area contributed by atoms with Crippen molar-refractivity contribution < 1.29 is 24.5 Å². The minimum atomic E-state index is -0.851. The zero-order chi connectivity index (χ0) is 49.3. The number of hydrogen-bond donors (Lipinski definition) is 3. The third-order valence-corrected chi connectivity index (χ3v) is 13.3. The number of amides is 1. The molecule has 0 saturated heterocycles. The molecule has 0 saturated carbocycles. The van der Waals surface area contributed by atoms with E-state index < -0.39 is 12.1 Å². The second-order valence-electron chi connectivity index (χ2n) is 20.0. The smallest absolute Gasteiger partial charge is 0.305 e. The van der Waals surface area contributed by atoms with Crippen LogP contribution in [-0.2, 0) is 14.3 Å². The molecule has 0 aliphatic heterocycles. The number of nitrogens with one attached hydrogen (secondary N) is 1. The summed E-state index contributed by atoms with van der Waals surface area (Å²) >= 11 is 0. The molecule has 6 nitrogen and oxygen atoms in total. The molecule has 6 heteroatoms. The van der Waals surface area contributed by atoms with E-state index in [1.165, 1.54) is 199 Å². The molecular weight excluding hydrogens is 839 g/mol. The molecule has 68 heavy (non-hydrogen) atoms. The zero-order valence-corrected chi connectivity index (χ0v) is 45.1. The first-order valence-corrected chi connectivity index (χ1v) is 29.6. The van der Waals surface area contributed by atoms with Crippen LogP contribution in [0.1, 0.15) is 296 Å². The van der Waals surface area contributed by atoms with Crippen molar-refractivity contribution in [2.75, 3.05) is 13.2 Å². The van der Waals surface area contributed by atoms with Crippen LogP contribution in [0.25, 0.3) is 0 Å². The number of ether oxygens (including phenoxy) is 1. The monoisotopic (exact) mass is 952 g/mol. The van der Waals surface area contributed by atoms with Crippen LogP contribution in [0, 0.1) is 0 Å². The van der Waals surface area contributed by atoms with Gasteiger partial charge in [-0.25, -0.2) is 0 Å². The van der Waals surface area contributed by atoms with Crippen LogP contribution < -0.4 is 5.32 Å². The summed E-state index contributed by atoms with van der Waals surface area (Å²) in [5.74, 6) is -0.0881. The van der Waals surface area contributed by atoms with E-state index >= 15 is 0 Å². The summed E-state index contributed by atoms with van der Waals surface area (Å²) in [6.45, 7) is 4.85. The Labute approximate surface area is 422 Å². The van der Waals surface area contributed by atoms with Crippen LogP contribution in [0.3, 0.4) is 0 Å². The highest BCUT2D eigenvalue weighted by molar-refractivity contribution is 5.76. The molecule has 0 rings (SSSR count). The molecule has 0 bridgehead atoms. The molecular formula is C62H113NO5. The standard InChI is InChI=1S/C62H113NO5/c1-3-5-7-9-11-13-15-17-27-32-36-40-44-48-52-56-62(67)68-57-53-49-45-41-37-33-29-26-24-22-20-18-19-21-23-25-28-31-35-39-43-47-51-55-61(66)63-59(58-64)60(65)54-50-46-42-38-34-30-16-14-12-10-8-6-4-2/h11,13,17-18,20-21,23,27,50,54,59-60,64-65H,3-10,12,14-16,19,22,24-26,28-49,51-53,55-58H2,1-2H3,(H,63,66)/b13-11-,20-18-,23-21-,27-17-,54-50+. The van der Waals surface area contributed by atoms with Gasteiger partial charge < -0.3 is 20.3 Å². The van der Waals surface area contributed by atoms with E-state index in [-0.39, 0.29) is 18.5 Å². The maximum absolute atomic E-state index is 12.4. The summed E-state index contributed by atoms with van der Waals surface area (Å²) in [6.07, 6.45) is 73.9. The first-order valence-electron chi connectivity index (χ1n) is 29.6. The third-order valence-electron chi connectivity index (χ3n) is 13.3. The van der Waals surface area contributed by atoms with E-state index in [4.69, 9.17) is 4.74 Å². The Morgan fingerprint density at radius 3 is 1.15 bits per heavy atom. The number of aliphatic hydroxyl groups is 2. The van der Waals surface area contributed by atoms with Crippen LogP contribution in [0.4, 0.5) is 0 Å². The van der Waals surface area contributed by atoms with Crippen LogP contribution in [0.5, 0.6) is 0 Å². The van der Waals surface area contributed by atoms with Crippen molar-refractivity contribution in [3.63, 3.8) is 0 Å². The Morgan fingerprint density at radius 2 is 0.735 bits per heavy atom. The van der Waals surface area contributed by atoms with E-state index in [0.29, 0.717) is 19.4 Å². The fourth-order valence-corrected chi connectivity index (χ4v) is 8.69. The molecule has 0 aliphatic carbocycles. The van der Waals surface area contributed by atoms with Crippen molar-refractivity contribution in [1.29, 1.82) is 0 Å². The van der Waals surface area contributed by atoms with E-state index in [1.54, 1.807) is 6.08 Å². The molecule has 1 amide bonds. The number of esters is 1. The average molecular weight is 953 g/mol. The van der Waals surface area contributed by atoms with Crippen LogP contribution in [-0.4, -0.2) is 47.4 Å². The number of allylic oxidation sites excluding steroid dienone is 9. The van der Waals surface area contributed by atoms with Crippen LogP contribution >= 0.6 is 0 Å². The van der Waals surface area contributed by atoms with Crippen LogP contribution in [0.15, 0.2) is 60.8 Å². The molecule has 396 valence electrons. The maximum Gasteiger partial charge on any atom is 0.305 e. The Balaban J connectivity index is 3.48. The molecule has 0 aromatic heterocycles. The molecule has 2 atom stereocenters. The highest BCUT2D eigenvalue weighted by atomic mass is 16.5. The van der Waals surface area contributed by atoms with Gasteiger partial charge in [0, 0.05) is 12.8 Å². The van der Waals surface area contributed by atoms with Crippen molar-refractivity contribution in [3.05, 3.63) is 60.8 Å². The van der Waals surface area contributed by atoms with Crippen molar-refractivity contribution >= 4 is 11.9 Å². The third kappa shape index (κ3) is 52.9. The summed E-state index contributed by atoms with van der Waals surface area (Å²) in [5, 5.41) is 23.1. The van der Waals surface area contributed by atoms with Gasteiger partial charge in [0.05, 0.1) is 25.4 Å². The van der Waals surface area contributed by atoms with Crippen molar-refractivity contribution in [2.24, 2.45) is 0 Å². The lowest BCUT2D eigenvalue weighted by atomic mass is 10.0. The molecule has 0 aromatic rings. The molecule has 0 spiro atoms. The van der Waals surface area contributed by atoms with Gasteiger partial charge >= 0.3 is 5.97 Å². The van der Waals surface area contributed by atoms with Crippen molar-refractivity contribution in [1.82, 2.24) is 5.32 Å². The second-order valence-corrected chi connectivity index (χ2v) is 20.0. The number of rotatable bonds is 54. The number of carbonyl (C=O) groups excluding carboxylic acids is 2. The van der Waals surface area contributed by atoms with Gasteiger partial charge in [0.1, 0.15) is 0 Å². The van der Waals surface area contributed by atoms with E-state index in [0.717, 1.165) is 70.6 Å². The van der Waals surface area contributed by atoms with Gasteiger partial charge in [-0.05, 0) is 96.3 Å². The molecule has 3 N–H and O–H groups in total. The van der Waals surface area contributed by atoms with Gasteiger partial charge in [0.2, 0.25) is 5.91 Å². The van der Waals surface area contributed by atoms with E-state index in [2.05, 4.69) is 67.8 Å². The van der Waals surface area contributed by atoms with Crippen molar-refractivity contribution in [3.8, 4) is 0 Å². The highest BCUT2D eigenvalue weighted by Gasteiger charge is 2.18. The lowest BCUT2D eigenvalue weighted by molar-refractivity contribution is -0.143.